The molecule has 4 amide bonds. The van der Waals surface area contributed by atoms with Crippen molar-refractivity contribution in [2.75, 3.05) is 18.3 Å². The summed E-state index contributed by atoms with van der Waals surface area (Å²) in [5.74, 6) is -1.23. The smallest absolute Gasteiger partial charge is 0.418 e. The number of hydrogen-bond donors (Lipinski definition) is 2. The summed E-state index contributed by atoms with van der Waals surface area (Å²) in [6.07, 6.45) is 6.98. The maximum atomic E-state index is 13.8. The third-order valence-corrected chi connectivity index (χ3v) is 11.7. The summed E-state index contributed by atoms with van der Waals surface area (Å²) in [7, 11) is 2.12. The van der Waals surface area contributed by atoms with Gasteiger partial charge >= 0.3 is 12.3 Å². The number of nitrogens with one attached hydrogen (secondary N) is 2. The molecule has 1 spiro atoms. The SMILES string of the molecule is C[C@H](N(Cc1ccc(F)cc1)C(=O)CN1C(=O)OC2(CCc3cc(N[B]C4CC4CCCCCCCCCCNC(=O)Cc4ccccc4)ccc32)C1=O)C(F)(F)F. The predicted octanol–water partition coefficient (Wildman–Crippen LogP) is 8.63. The largest absolute Gasteiger partial charge is 0.432 e. The molecular formula is C44H52BF4N4O5. The van der Waals surface area contributed by atoms with Crippen molar-refractivity contribution in [3.8, 4) is 0 Å². The van der Waals surface area contributed by atoms with Gasteiger partial charge in [-0.3, -0.25) is 14.4 Å². The molecule has 3 aliphatic rings. The minimum Gasteiger partial charge on any atom is -0.432 e. The molecule has 0 aromatic heterocycles. The lowest BCUT2D eigenvalue weighted by Gasteiger charge is -2.31. The maximum Gasteiger partial charge on any atom is 0.418 e. The summed E-state index contributed by atoms with van der Waals surface area (Å²) < 4.78 is 60.4. The number of unbranched alkanes of at least 4 members (excludes halogenated alkanes) is 7. The topological polar surface area (TPSA) is 108 Å². The summed E-state index contributed by atoms with van der Waals surface area (Å²) in [6.45, 7) is 0.131. The lowest BCUT2D eigenvalue weighted by Crippen LogP contribution is -2.51. The number of anilines is 1. The lowest BCUT2D eigenvalue weighted by molar-refractivity contribution is -0.187. The van der Waals surface area contributed by atoms with Crippen LogP contribution in [0.4, 0.5) is 28.0 Å². The van der Waals surface area contributed by atoms with Crippen LogP contribution in [0.2, 0.25) is 5.82 Å². The highest BCUT2D eigenvalue weighted by Gasteiger charge is 2.58. The van der Waals surface area contributed by atoms with Gasteiger partial charge in [-0.15, -0.1) is 0 Å². The first-order valence-electron chi connectivity index (χ1n) is 20.5. The second-order valence-electron chi connectivity index (χ2n) is 15.9. The molecule has 1 saturated heterocycles. The molecule has 3 aromatic rings. The van der Waals surface area contributed by atoms with Crippen LogP contribution in [0.25, 0.3) is 0 Å². The first kappa shape index (κ1) is 42.7. The third-order valence-electron chi connectivity index (χ3n) is 11.7. The van der Waals surface area contributed by atoms with E-state index in [1.54, 1.807) is 6.07 Å². The number of carbonyl (C=O) groups is 4. The van der Waals surface area contributed by atoms with Crippen molar-refractivity contribution in [1.29, 1.82) is 0 Å². The first-order chi connectivity index (χ1) is 27.8. The fraction of sp³-hybridized carbons (Fsp3) is 0.500. The molecule has 0 bridgehead atoms. The van der Waals surface area contributed by atoms with E-state index in [1.807, 2.05) is 42.5 Å². The van der Waals surface area contributed by atoms with Gasteiger partial charge in [0.15, 0.2) is 0 Å². The van der Waals surface area contributed by atoms with Gasteiger partial charge in [0.2, 0.25) is 24.8 Å². The van der Waals surface area contributed by atoms with Gasteiger partial charge in [0, 0.05) is 30.8 Å². The molecular weight excluding hydrogens is 751 g/mol. The first-order valence-corrected chi connectivity index (χ1v) is 20.5. The number of fused-ring (bicyclic) bond motifs is 2. The Morgan fingerprint density at radius 1 is 0.931 bits per heavy atom. The Hall–Kier alpha value is -4.88. The average Bonchev–Trinajstić information content (AvgIpc) is 3.79. The highest BCUT2D eigenvalue weighted by atomic mass is 19.4. The van der Waals surface area contributed by atoms with E-state index in [0.717, 1.165) is 61.7 Å². The van der Waals surface area contributed by atoms with Gasteiger partial charge in [0.25, 0.3) is 5.91 Å². The average molecular weight is 804 g/mol. The molecule has 1 radical (unpaired) electrons. The number of imide groups is 1. The maximum absolute atomic E-state index is 13.8. The van der Waals surface area contributed by atoms with Gasteiger partial charge in [0.05, 0.1) is 6.42 Å². The van der Waals surface area contributed by atoms with E-state index >= 15 is 0 Å². The molecule has 1 heterocycles. The van der Waals surface area contributed by atoms with Gasteiger partial charge in [-0.1, -0.05) is 106 Å². The van der Waals surface area contributed by atoms with Crippen LogP contribution in [-0.2, 0) is 44.1 Å². The number of amides is 4. The molecule has 309 valence electrons. The number of ether oxygens (including phenoxy) is 1. The number of carbonyl (C=O) groups excluding carboxylic acids is 4. The molecule has 2 aliphatic carbocycles. The van der Waals surface area contributed by atoms with Gasteiger partial charge < -0.3 is 20.2 Å². The van der Waals surface area contributed by atoms with Crippen molar-refractivity contribution in [3.63, 3.8) is 0 Å². The zero-order valence-corrected chi connectivity index (χ0v) is 33.0. The summed E-state index contributed by atoms with van der Waals surface area (Å²) >= 11 is 0. The summed E-state index contributed by atoms with van der Waals surface area (Å²) in [6, 6.07) is 17.7. The number of rotatable bonds is 21. The quantitative estimate of drug-likeness (QED) is 0.0635. The van der Waals surface area contributed by atoms with E-state index < -0.39 is 54.6 Å². The summed E-state index contributed by atoms with van der Waals surface area (Å²) in [5.41, 5.74) is 1.81. The van der Waals surface area contributed by atoms with Crippen LogP contribution in [0.3, 0.4) is 0 Å². The molecule has 58 heavy (non-hydrogen) atoms. The molecule has 1 aliphatic heterocycles. The normalized spacial score (nSPS) is 20.1. The molecule has 3 unspecified atom stereocenters. The minimum atomic E-state index is -4.78. The van der Waals surface area contributed by atoms with Crippen molar-refractivity contribution in [1.82, 2.24) is 15.1 Å². The van der Waals surface area contributed by atoms with Gasteiger partial charge in [-0.25, -0.2) is 14.1 Å². The Labute approximate surface area is 338 Å². The summed E-state index contributed by atoms with van der Waals surface area (Å²) in [4.78, 5) is 53.3. The monoisotopic (exact) mass is 803 g/mol. The van der Waals surface area contributed by atoms with E-state index in [4.69, 9.17) is 4.74 Å². The highest BCUT2D eigenvalue weighted by molar-refractivity contribution is 6.43. The van der Waals surface area contributed by atoms with E-state index in [9.17, 15) is 36.7 Å². The fourth-order valence-corrected chi connectivity index (χ4v) is 8.05. The third kappa shape index (κ3) is 11.0. The zero-order valence-electron chi connectivity index (χ0n) is 33.0. The van der Waals surface area contributed by atoms with Crippen LogP contribution < -0.4 is 10.5 Å². The van der Waals surface area contributed by atoms with Gasteiger partial charge in [-0.05, 0) is 72.5 Å². The van der Waals surface area contributed by atoms with E-state index in [0.29, 0.717) is 39.9 Å². The molecule has 14 heteroatoms. The van der Waals surface area contributed by atoms with E-state index in [-0.39, 0.29) is 17.9 Å². The molecule has 2 fully saturated rings. The van der Waals surface area contributed by atoms with Crippen molar-refractivity contribution in [3.05, 3.63) is 101 Å². The fourth-order valence-electron chi connectivity index (χ4n) is 8.05. The standard InChI is InChI=1S/C44H52BF4N4O5/c1-30(44(47,48)49)52(28-32-16-18-35(46)19-17-32)40(55)29-53-41(56)43(58-42(53)57)23-22-33-26-36(20-21-37(33)43)51-45-38-27-34(38)15-11-6-4-2-3-5-7-12-24-50-39(54)25-31-13-9-8-10-14-31/h8-10,13-14,16-21,26,30,34,38,51H,2-7,11-12,15,22-25,27-29H2,1H3,(H,50,54)/t30-,34?,38?,43?/m0/s1. The molecule has 4 atom stereocenters. The summed E-state index contributed by atoms with van der Waals surface area (Å²) in [5, 5.41) is 6.42. The molecule has 2 N–H and O–H groups in total. The molecule has 3 aromatic carbocycles. The Morgan fingerprint density at radius 3 is 2.33 bits per heavy atom. The number of aryl methyl sites for hydroxylation is 1. The second kappa shape index (κ2) is 19.3. The number of benzene rings is 3. The Kier molecular flexibility index (Phi) is 14.2. The number of nitrogens with zero attached hydrogens (tertiary/aromatic N) is 2. The van der Waals surface area contributed by atoms with Crippen LogP contribution in [-0.4, -0.2) is 66.3 Å². The number of hydrogen-bond acceptors (Lipinski definition) is 6. The van der Waals surface area contributed by atoms with Crippen molar-refractivity contribution in [2.24, 2.45) is 5.92 Å². The van der Waals surface area contributed by atoms with Crippen LogP contribution in [0, 0.1) is 11.7 Å². The highest BCUT2D eigenvalue weighted by Crippen LogP contribution is 2.48. The van der Waals surface area contributed by atoms with Crippen molar-refractivity contribution < 1.29 is 41.5 Å². The van der Waals surface area contributed by atoms with Crippen molar-refractivity contribution >= 4 is 36.9 Å². The predicted molar refractivity (Wildman–Crippen MR) is 213 cm³/mol. The van der Waals surface area contributed by atoms with Crippen LogP contribution in [0.15, 0.2) is 72.8 Å². The van der Waals surface area contributed by atoms with Crippen LogP contribution in [0.5, 0.6) is 0 Å². The van der Waals surface area contributed by atoms with E-state index in [1.165, 1.54) is 57.1 Å². The zero-order chi connectivity index (χ0) is 41.3. The Balaban J connectivity index is 0.878. The molecule has 1 saturated carbocycles. The van der Waals surface area contributed by atoms with Crippen LogP contribution in [0.1, 0.15) is 99.8 Å². The minimum absolute atomic E-state index is 0.0787. The number of halogens is 4. The Bertz CT molecular complexity index is 1900. The van der Waals surface area contributed by atoms with Gasteiger partial charge in [-0.2, -0.15) is 13.2 Å². The molecule has 9 nitrogen and oxygen atoms in total. The van der Waals surface area contributed by atoms with E-state index in [2.05, 4.69) is 18.0 Å². The molecule has 6 rings (SSSR count). The lowest BCUT2D eigenvalue weighted by atomic mass is 9.83. The van der Waals surface area contributed by atoms with Crippen LogP contribution >= 0.6 is 0 Å². The Morgan fingerprint density at radius 2 is 1.62 bits per heavy atom. The number of alkyl halides is 3. The van der Waals surface area contributed by atoms with Crippen molar-refractivity contribution in [2.45, 2.75) is 121 Å². The second-order valence-corrected chi connectivity index (χ2v) is 15.9. The van der Waals surface area contributed by atoms with Gasteiger partial charge in [0.1, 0.15) is 18.4 Å².